The Bertz CT molecular complexity index is 755. The van der Waals surface area contributed by atoms with Crippen molar-refractivity contribution in [2.24, 2.45) is 0 Å². The molecule has 0 aliphatic carbocycles. The third-order valence-corrected chi connectivity index (χ3v) is 4.25. The monoisotopic (exact) mass is 316 g/mol. The normalized spacial score (nSPS) is 11.3. The van der Waals surface area contributed by atoms with Crippen LogP contribution in [0.25, 0.3) is 0 Å². The maximum absolute atomic E-state index is 12.2. The zero-order valence-corrected chi connectivity index (χ0v) is 11.7. The quantitative estimate of drug-likeness (QED) is 0.894. The standard InChI is InChI=1S/C11H9ClN2O5S/c1-6-9(11(15)16)2-7(12)3-10(6)20(17,18)14-8-4-13-19-5-8/h2-5,14H,1H3,(H,15,16). The minimum absolute atomic E-state index is 0.0127. The maximum atomic E-state index is 12.2. The van der Waals surface area contributed by atoms with Crippen LogP contribution in [0.2, 0.25) is 5.02 Å². The van der Waals surface area contributed by atoms with Gasteiger partial charge in [-0.15, -0.1) is 0 Å². The van der Waals surface area contributed by atoms with E-state index in [4.69, 9.17) is 16.7 Å². The fraction of sp³-hybridized carbons (Fsp3) is 0.0909. The molecule has 7 nitrogen and oxygen atoms in total. The summed E-state index contributed by atoms with van der Waals surface area (Å²) in [6, 6.07) is 2.37. The fourth-order valence-corrected chi connectivity index (χ4v) is 3.22. The molecule has 0 saturated carbocycles. The van der Waals surface area contributed by atoms with Gasteiger partial charge in [0.05, 0.1) is 16.7 Å². The molecule has 0 radical (unpaired) electrons. The van der Waals surface area contributed by atoms with E-state index in [1.807, 2.05) is 0 Å². The first-order valence-corrected chi connectivity index (χ1v) is 7.13. The van der Waals surface area contributed by atoms with Crippen LogP contribution in [-0.4, -0.2) is 24.7 Å². The van der Waals surface area contributed by atoms with Crippen LogP contribution >= 0.6 is 11.6 Å². The van der Waals surface area contributed by atoms with Crippen LogP contribution in [0.3, 0.4) is 0 Å². The first-order chi connectivity index (χ1) is 9.31. The Labute approximate surface area is 119 Å². The Balaban J connectivity index is 2.54. The van der Waals surface area contributed by atoms with E-state index in [0.29, 0.717) is 0 Å². The molecule has 20 heavy (non-hydrogen) atoms. The van der Waals surface area contributed by atoms with Crippen molar-refractivity contribution in [2.75, 3.05) is 4.72 Å². The van der Waals surface area contributed by atoms with Crippen LogP contribution < -0.4 is 4.72 Å². The lowest BCUT2D eigenvalue weighted by Crippen LogP contribution is -2.15. The Morgan fingerprint density at radius 3 is 2.70 bits per heavy atom. The fourth-order valence-electron chi connectivity index (χ4n) is 1.62. The number of carboxylic acid groups (broad SMARTS) is 1. The molecule has 106 valence electrons. The molecule has 0 amide bonds. The Kier molecular flexibility index (Phi) is 3.69. The Hall–Kier alpha value is -2.06. The molecule has 9 heteroatoms. The number of rotatable bonds is 4. The van der Waals surface area contributed by atoms with Gasteiger partial charge in [-0.05, 0) is 24.6 Å². The average molecular weight is 317 g/mol. The van der Waals surface area contributed by atoms with E-state index >= 15 is 0 Å². The van der Waals surface area contributed by atoms with E-state index in [0.717, 1.165) is 6.26 Å². The van der Waals surface area contributed by atoms with Gasteiger partial charge in [-0.25, -0.2) is 13.2 Å². The van der Waals surface area contributed by atoms with Gasteiger partial charge < -0.3 is 9.63 Å². The van der Waals surface area contributed by atoms with E-state index in [1.165, 1.54) is 25.3 Å². The van der Waals surface area contributed by atoms with Crippen molar-refractivity contribution in [1.82, 2.24) is 5.16 Å². The number of anilines is 1. The molecule has 0 unspecified atom stereocenters. The van der Waals surface area contributed by atoms with Crippen molar-refractivity contribution in [3.8, 4) is 0 Å². The zero-order valence-electron chi connectivity index (χ0n) is 10.1. The summed E-state index contributed by atoms with van der Waals surface area (Å²) in [5, 5.41) is 12.4. The molecule has 0 aliphatic rings. The zero-order chi connectivity index (χ0) is 14.9. The van der Waals surface area contributed by atoms with E-state index in [9.17, 15) is 13.2 Å². The highest BCUT2D eigenvalue weighted by atomic mass is 35.5. The number of aromatic nitrogens is 1. The van der Waals surface area contributed by atoms with Crippen molar-refractivity contribution in [3.63, 3.8) is 0 Å². The third-order valence-electron chi connectivity index (χ3n) is 2.53. The lowest BCUT2D eigenvalue weighted by molar-refractivity contribution is 0.0696. The van der Waals surface area contributed by atoms with Gasteiger partial charge in [0, 0.05) is 5.02 Å². The van der Waals surface area contributed by atoms with Gasteiger partial charge in [0.1, 0.15) is 12.0 Å². The second-order valence-electron chi connectivity index (χ2n) is 3.90. The summed E-state index contributed by atoms with van der Waals surface area (Å²) in [7, 11) is -3.99. The van der Waals surface area contributed by atoms with Gasteiger partial charge >= 0.3 is 5.97 Å². The second-order valence-corrected chi connectivity index (χ2v) is 5.99. The molecular formula is C11H9ClN2O5S. The highest BCUT2D eigenvalue weighted by Crippen LogP contribution is 2.26. The molecule has 0 fully saturated rings. The van der Waals surface area contributed by atoms with Crippen LogP contribution in [0.5, 0.6) is 0 Å². The molecule has 0 saturated heterocycles. The molecule has 1 heterocycles. The largest absolute Gasteiger partial charge is 0.478 e. The minimum Gasteiger partial charge on any atom is -0.478 e. The van der Waals surface area contributed by atoms with Crippen molar-refractivity contribution in [1.29, 1.82) is 0 Å². The number of hydrogen-bond donors (Lipinski definition) is 2. The summed E-state index contributed by atoms with van der Waals surface area (Å²) in [6.07, 6.45) is 2.28. The molecule has 0 spiro atoms. The number of nitrogens with one attached hydrogen (secondary N) is 1. The second kappa shape index (κ2) is 5.14. The lowest BCUT2D eigenvalue weighted by atomic mass is 10.1. The Morgan fingerprint density at radius 1 is 1.45 bits per heavy atom. The topological polar surface area (TPSA) is 110 Å². The number of benzene rings is 1. The number of sulfonamides is 1. The van der Waals surface area contributed by atoms with Gasteiger partial charge in [0.15, 0.2) is 0 Å². The molecule has 0 atom stereocenters. The third kappa shape index (κ3) is 2.75. The van der Waals surface area contributed by atoms with Gasteiger partial charge in [-0.2, -0.15) is 0 Å². The minimum atomic E-state index is -3.99. The van der Waals surface area contributed by atoms with Gasteiger partial charge in [-0.1, -0.05) is 16.8 Å². The first-order valence-electron chi connectivity index (χ1n) is 5.27. The predicted octanol–water partition coefficient (Wildman–Crippen LogP) is 2.14. The van der Waals surface area contributed by atoms with Crippen LogP contribution in [0, 0.1) is 6.92 Å². The number of nitrogens with zero attached hydrogens (tertiary/aromatic N) is 1. The summed E-state index contributed by atoms with van der Waals surface area (Å²) >= 11 is 5.77. The summed E-state index contributed by atoms with van der Waals surface area (Å²) < 4.78 is 31.2. The maximum Gasteiger partial charge on any atom is 0.336 e. The number of aromatic carboxylic acids is 1. The number of carbonyl (C=O) groups is 1. The van der Waals surface area contributed by atoms with Gasteiger partial charge in [0.25, 0.3) is 10.0 Å². The summed E-state index contributed by atoms with van der Waals surface area (Å²) in [5.41, 5.74) is 0.0373. The number of carboxylic acids is 1. The van der Waals surface area contributed by atoms with Crippen molar-refractivity contribution in [2.45, 2.75) is 11.8 Å². The summed E-state index contributed by atoms with van der Waals surface area (Å²) in [5.74, 6) is -1.26. The highest BCUT2D eigenvalue weighted by Gasteiger charge is 2.22. The van der Waals surface area contributed by atoms with Crippen molar-refractivity contribution >= 4 is 33.3 Å². The summed E-state index contributed by atoms with van der Waals surface area (Å²) in [6.45, 7) is 1.39. The summed E-state index contributed by atoms with van der Waals surface area (Å²) in [4.78, 5) is 10.9. The van der Waals surface area contributed by atoms with Gasteiger partial charge in [-0.3, -0.25) is 4.72 Å². The van der Waals surface area contributed by atoms with Crippen molar-refractivity contribution < 1.29 is 22.8 Å². The van der Waals surface area contributed by atoms with E-state index in [2.05, 4.69) is 14.4 Å². The van der Waals surface area contributed by atoms with E-state index < -0.39 is 16.0 Å². The number of hydrogen-bond acceptors (Lipinski definition) is 5. The van der Waals surface area contributed by atoms with E-state index in [1.54, 1.807) is 0 Å². The lowest BCUT2D eigenvalue weighted by Gasteiger charge is -2.11. The Morgan fingerprint density at radius 2 is 2.15 bits per heavy atom. The molecule has 2 N–H and O–H groups in total. The molecule has 1 aromatic heterocycles. The smallest absolute Gasteiger partial charge is 0.336 e. The average Bonchev–Trinajstić information content (AvgIpc) is 2.83. The number of halogens is 1. The van der Waals surface area contributed by atoms with Crippen LogP contribution in [0.4, 0.5) is 5.69 Å². The molecule has 2 rings (SSSR count). The molecule has 0 aliphatic heterocycles. The van der Waals surface area contributed by atoms with Crippen LogP contribution in [-0.2, 0) is 10.0 Å². The molecular weight excluding hydrogens is 308 g/mol. The first kappa shape index (κ1) is 14.4. The van der Waals surface area contributed by atoms with Crippen LogP contribution in [0.1, 0.15) is 15.9 Å². The highest BCUT2D eigenvalue weighted by molar-refractivity contribution is 7.92. The van der Waals surface area contributed by atoms with Crippen LogP contribution in [0.15, 0.2) is 34.0 Å². The molecule has 1 aromatic carbocycles. The SMILES string of the molecule is Cc1c(C(=O)O)cc(Cl)cc1S(=O)(=O)Nc1cnoc1. The molecule has 2 aromatic rings. The van der Waals surface area contributed by atoms with E-state index in [-0.39, 0.29) is 26.7 Å². The van der Waals surface area contributed by atoms with Gasteiger partial charge in [0.2, 0.25) is 0 Å². The molecule has 0 bridgehead atoms. The predicted molar refractivity (Wildman–Crippen MR) is 70.5 cm³/mol. The van der Waals surface area contributed by atoms with Crippen molar-refractivity contribution in [3.05, 3.63) is 40.7 Å².